The van der Waals surface area contributed by atoms with Crippen LogP contribution in [0.25, 0.3) is 10.9 Å². The lowest BCUT2D eigenvalue weighted by Crippen LogP contribution is -2.33. The topological polar surface area (TPSA) is 68.1 Å². The second kappa shape index (κ2) is 4.77. The third kappa shape index (κ3) is 2.28. The van der Waals surface area contributed by atoms with Crippen LogP contribution in [0.2, 0.25) is 5.02 Å². The summed E-state index contributed by atoms with van der Waals surface area (Å²) in [7, 11) is 1.31. The lowest BCUT2D eigenvalue weighted by atomic mass is 10.1. The molecular weight excluding hydrogens is 240 g/mol. The van der Waals surface area contributed by atoms with Crippen molar-refractivity contribution >= 4 is 28.5 Å². The van der Waals surface area contributed by atoms with Gasteiger partial charge in [-0.3, -0.25) is 4.79 Å². The van der Waals surface area contributed by atoms with Gasteiger partial charge in [0, 0.05) is 23.0 Å². The molecule has 0 bridgehead atoms. The molecule has 90 valence electrons. The lowest BCUT2D eigenvalue weighted by Gasteiger charge is -2.07. The van der Waals surface area contributed by atoms with E-state index in [0.717, 1.165) is 16.6 Å². The smallest absolute Gasteiger partial charge is 0.323 e. The number of halogens is 1. The van der Waals surface area contributed by atoms with E-state index in [-0.39, 0.29) is 0 Å². The highest BCUT2D eigenvalue weighted by atomic mass is 35.5. The largest absolute Gasteiger partial charge is 0.468 e. The van der Waals surface area contributed by atoms with Crippen LogP contribution >= 0.6 is 11.6 Å². The molecule has 4 nitrogen and oxygen atoms in total. The molecule has 0 spiro atoms. The van der Waals surface area contributed by atoms with Crippen molar-refractivity contribution < 1.29 is 9.53 Å². The Labute approximate surface area is 104 Å². The summed E-state index contributed by atoms with van der Waals surface area (Å²) in [6, 6.07) is 6.96. The summed E-state index contributed by atoms with van der Waals surface area (Å²) in [4.78, 5) is 14.4. The van der Waals surface area contributed by atoms with Crippen molar-refractivity contribution in [3.63, 3.8) is 0 Å². The Kier molecular flexibility index (Phi) is 3.36. The Morgan fingerprint density at radius 2 is 2.24 bits per heavy atom. The van der Waals surface area contributed by atoms with Gasteiger partial charge in [0.15, 0.2) is 0 Å². The van der Waals surface area contributed by atoms with Crippen LogP contribution in [0.5, 0.6) is 0 Å². The zero-order valence-corrected chi connectivity index (χ0v) is 10.1. The van der Waals surface area contributed by atoms with Gasteiger partial charge in [-0.1, -0.05) is 29.8 Å². The summed E-state index contributed by atoms with van der Waals surface area (Å²) >= 11 is 6.21. The van der Waals surface area contributed by atoms with Crippen LogP contribution in [-0.4, -0.2) is 24.1 Å². The molecule has 0 aliphatic carbocycles. The van der Waals surface area contributed by atoms with Crippen molar-refractivity contribution in [2.24, 2.45) is 5.73 Å². The molecule has 1 heterocycles. The molecule has 0 aliphatic heterocycles. The molecule has 1 unspecified atom stereocenters. The van der Waals surface area contributed by atoms with Gasteiger partial charge in [-0.15, -0.1) is 0 Å². The molecular formula is C12H13ClN2O2. The summed E-state index contributed by atoms with van der Waals surface area (Å²) in [5.41, 5.74) is 7.39. The van der Waals surface area contributed by atoms with Gasteiger partial charge in [0.25, 0.3) is 0 Å². The van der Waals surface area contributed by atoms with Gasteiger partial charge in [-0.25, -0.2) is 0 Å². The number of rotatable bonds is 3. The number of nitrogens with two attached hydrogens (primary N) is 1. The standard InChI is InChI=1S/C12H13ClN2O2/c1-17-12(16)8(14)6-10-11(13)7-4-2-3-5-9(7)15-10/h2-5,8,15H,6,14H2,1H3. The SMILES string of the molecule is COC(=O)C(N)Cc1[nH]c2ccccc2c1Cl. The van der Waals surface area contributed by atoms with Crippen LogP contribution in [0.1, 0.15) is 5.69 Å². The summed E-state index contributed by atoms with van der Waals surface area (Å²) in [6.45, 7) is 0. The van der Waals surface area contributed by atoms with Gasteiger partial charge < -0.3 is 15.5 Å². The number of esters is 1. The number of aromatic amines is 1. The Bertz CT molecular complexity index is 550. The van der Waals surface area contributed by atoms with Crippen molar-refractivity contribution in [3.8, 4) is 0 Å². The number of benzene rings is 1. The average Bonchev–Trinajstić information content (AvgIpc) is 2.66. The number of carbonyl (C=O) groups excluding carboxylic acids is 1. The highest BCUT2D eigenvalue weighted by molar-refractivity contribution is 6.36. The summed E-state index contributed by atoms with van der Waals surface area (Å²) < 4.78 is 4.58. The van der Waals surface area contributed by atoms with Crippen LogP contribution in [0.4, 0.5) is 0 Å². The first kappa shape index (κ1) is 12.0. The Balaban J connectivity index is 2.30. The lowest BCUT2D eigenvalue weighted by molar-refractivity contribution is -0.142. The molecule has 0 radical (unpaired) electrons. The molecule has 17 heavy (non-hydrogen) atoms. The van der Waals surface area contributed by atoms with Crippen LogP contribution in [0.15, 0.2) is 24.3 Å². The summed E-state index contributed by atoms with van der Waals surface area (Å²) in [5.74, 6) is -0.445. The third-order valence-corrected chi connectivity index (χ3v) is 3.07. The van der Waals surface area contributed by atoms with Crippen molar-refractivity contribution in [3.05, 3.63) is 35.0 Å². The van der Waals surface area contributed by atoms with E-state index in [2.05, 4.69) is 9.72 Å². The molecule has 0 amide bonds. The maximum atomic E-state index is 11.2. The van der Waals surface area contributed by atoms with Crippen LogP contribution < -0.4 is 5.73 Å². The highest BCUT2D eigenvalue weighted by Crippen LogP contribution is 2.27. The van der Waals surface area contributed by atoms with Gasteiger partial charge in [-0.2, -0.15) is 0 Å². The second-order valence-corrected chi connectivity index (χ2v) is 4.17. The van der Waals surface area contributed by atoms with E-state index in [9.17, 15) is 4.79 Å². The van der Waals surface area contributed by atoms with Gasteiger partial charge in [0.1, 0.15) is 6.04 Å². The Morgan fingerprint density at radius 3 is 2.88 bits per heavy atom. The highest BCUT2D eigenvalue weighted by Gasteiger charge is 2.18. The number of hydrogen-bond donors (Lipinski definition) is 2. The number of para-hydroxylation sites is 1. The monoisotopic (exact) mass is 252 g/mol. The molecule has 2 rings (SSSR count). The molecule has 0 fully saturated rings. The van der Waals surface area contributed by atoms with Gasteiger partial charge in [-0.05, 0) is 6.07 Å². The van der Waals surface area contributed by atoms with Crippen molar-refractivity contribution in [2.45, 2.75) is 12.5 Å². The molecule has 0 aliphatic rings. The minimum Gasteiger partial charge on any atom is -0.468 e. The maximum Gasteiger partial charge on any atom is 0.323 e. The molecule has 1 aromatic carbocycles. The molecule has 2 aromatic rings. The number of H-pyrrole nitrogens is 1. The van der Waals surface area contributed by atoms with E-state index in [1.165, 1.54) is 7.11 Å². The summed E-state index contributed by atoms with van der Waals surface area (Å²) in [5, 5.41) is 1.54. The Morgan fingerprint density at radius 1 is 1.53 bits per heavy atom. The first-order chi connectivity index (χ1) is 8.13. The number of fused-ring (bicyclic) bond motifs is 1. The van der Waals surface area contributed by atoms with E-state index in [1.54, 1.807) is 0 Å². The van der Waals surface area contributed by atoms with Gasteiger partial charge in [0.05, 0.1) is 12.1 Å². The minimum absolute atomic E-state index is 0.334. The fraction of sp³-hybridized carbons (Fsp3) is 0.250. The maximum absolute atomic E-state index is 11.2. The van der Waals surface area contributed by atoms with Crippen LogP contribution in [0, 0.1) is 0 Å². The van der Waals surface area contributed by atoms with E-state index in [4.69, 9.17) is 17.3 Å². The third-order valence-electron chi connectivity index (χ3n) is 2.64. The molecule has 0 saturated heterocycles. The number of hydrogen-bond acceptors (Lipinski definition) is 3. The predicted octanol–water partition coefficient (Wildman–Crippen LogP) is 1.86. The normalized spacial score (nSPS) is 12.6. The molecule has 3 N–H and O–H groups in total. The fourth-order valence-corrected chi connectivity index (χ4v) is 2.05. The van der Waals surface area contributed by atoms with Crippen molar-refractivity contribution in [1.82, 2.24) is 4.98 Å². The number of nitrogens with one attached hydrogen (secondary N) is 1. The molecule has 1 aromatic heterocycles. The van der Waals surface area contributed by atoms with Crippen LogP contribution in [0.3, 0.4) is 0 Å². The van der Waals surface area contributed by atoms with E-state index in [0.29, 0.717) is 11.4 Å². The first-order valence-electron chi connectivity index (χ1n) is 5.22. The van der Waals surface area contributed by atoms with Crippen molar-refractivity contribution in [1.29, 1.82) is 0 Å². The van der Waals surface area contributed by atoms with Gasteiger partial charge >= 0.3 is 5.97 Å². The van der Waals surface area contributed by atoms with Crippen molar-refractivity contribution in [2.75, 3.05) is 7.11 Å². The van der Waals surface area contributed by atoms with E-state index >= 15 is 0 Å². The number of methoxy groups -OCH3 is 1. The van der Waals surface area contributed by atoms with Crippen LogP contribution in [-0.2, 0) is 16.0 Å². The first-order valence-corrected chi connectivity index (χ1v) is 5.59. The number of ether oxygens (including phenoxy) is 1. The van der Waals surface area contributed by atoms with E-state index in [1.807, 2.05) is 24.3 Å². The second-order valence-electron chi connectivity index (χ2n) is 3.80. The molecule has 1 atom stereocenters. The average molecular weight is 253 g/mol. The zero-order valence-electron chi connectivity index (χ0n) is 9.37. The molecule has 0 saturated carbocycles. The quantitative estimate of drug-likeness (QED) is 0.820. The zero-order chi connectivity index (χ0) is 12.4. The predicted molar refractivity (Wildman–Crippen MR) is 67.0 cm³/mol. The molecule has 5 heteroatoms. The number of carbonyl (C=O) groups is 1. The van der Waals surface area contributed by atoms with E-state index < -0.39 is 12.0 Å². The minimum atomic E-state index is -0.703. The number of aromatic nitrogens is 1. The summed E-state index contributed by atoms with van der Waals surface area (Å²) in [6.07, 6.45) is 0.334. The fourth-order valence-electron chi connectivity index (χ4n) is 1.76. The Hall–Kier alpha value is -1.52. The van der Waals surface area contributed by atoms with Gasteiger partial charge in [0.2, 0.25) is 0 Å².